The molecular formula is C15H20N4O2. The minimum absolute atomic E-state index is 0.0518. The van der Waals surface area contributed by atoms with E-state index < -0.39 is 0 Å². The molecule has 0 radical (unpaired) electrons. The molecule has 0 saturated heterocycles. The van der Waals surface area contributed by atoms with E-state index >= 15 is 0 Å². The molecule has 1 aromatic heterocycles. The first-order valence-electron chi connectivity index (χ1n) is 6.72. The molecule has 0 aliphatic rings. The lowest BCUT2D eigenvalue weighted by Gasteiger charge is -2.15. The molecule has 6 nitrogen and oxygen atoms in total. The maximum Gasteiger partial charge on any atom is 0.250 e. The highest BCUT2D eigenvalue weighted by Crippen LogP contribution is 2.19. The molecule has 21 heavy (non-hydrogen) atoms. The first-order chi connectivity index (χ1) is 10.1. The second-order valence-electron chi connectivity index (χ2n) is 4.82. The van der Waals surface area contributed by atoms with Gasteiger partial charge in [-0.2, -0.15) is 0 Å². The number of aromatic nitrogens is 2. The largest absolute Gasteiger partial charge is 0.375 e. The Bertz CT molecular complexity index is 592. The van der Waals surface area contributed by atoms with Crippen LogP contribution < -0.4 is 10.6 Å². The molecule has 1 unspecified atom stereocenters. The Hall–Kier alpha value is -2.34. The summed E-state index contributed by atoms with van der Waals surface area (Å²) in [5.41, 5.74) is 1.71. The maximum absolute atomic E-state index is 11.4. The van der Waals surface area contributed by atoms with Crippen molar-refractivity contribution < 1.29 is 9.53 Å². The number of methoxy groups -OCH3 is 1. The van der Waals surface area contributed by atoms with Gasteiger partial charge in [0.1, 0.15) is 12.4 Å². The summed E-state index contributed by atoms with van der Waals surface area (Å²) in [6.07, 6.45) is 3.70. The van der Waals surface area contributed by atoms with Crippen LogP contribution in [0.3, 0.4) is 0 Å². The number of nitrogens with one attached hydrogen (secondary N) is 2. The van der Waals surface area contributed by atoms with Crippen molar-refractivity contribution in [1.29, 1.82) is 0 Å². The second-order valence-corrected chi connectivity index (χ2v) is 4.82. The van der Waals surface area contributed by atoms with Crippen molar-refractivity contribution in [1.82, 2.24) is 9.55 Å². The Morgan fingerprint density at radius 2 is 2.00 bits per heavy atom. The van der Waals surface area contributed by atoms with Gasteiger partial charge in [-0.3, -0.25) is 4.79 Å². The van der Waals surface area contributed by atoms with Crippen LogP contribution in [0.5, 0.6) is 0 Å². The van der Waals surface area contributed by atoms with E-state index in [2.05, 4.69) is 22.5 Å². The zero-order chi connectivity index (χ0) is 15.2. The van der Waals surface area contributed by atoms with Crippen LogP contribution in [0.15, 0.2) is 36.7 Å². The zero-order valence-electron chi connectivity index (χ0n) is 12.5. The average molecular weight is 288 g/mol. The molecule has 0 bridgehead atoms. The normalized spacial score (nSPS) is 12.0. The van der Waals surface area contributed by atoms with Gasteiger partial charge in [0.15, 0.2) is 0 Å². The van der Waals surface area contributed by atoms with E-state index in [1.165, 1.54) is 7.11 Å². The van der Waals surface area contributed by atoms with Crippen LogP contribution in [0.1, 0.15) is 18.8 Å². The van der Waals surface area contributed by atoms with Gasteiger partial charge < -0.3 is 19.9 Å². The van der Waals surface area contributed by atoms with Crippen LogP contribution in [-0.2, 0) is 16.6 Å². The highest BCUT2D eigenvalue weighted by Gasteiger charge is 2.09. The van der Waals surface area contributed by atoms with Crippen LogP contribution in [0, 0.1) is 0 Å². The number of aryl methyl sites for hydroxylation is 1. The van der Waals surface area contributed by atoms with Crippen molar-refractivity contribution in [3.05, 3.63) is 42.5 Å². The summed E-state index contributed by atoms with van der Waals surface area (Å²) in [6, 6.07) is 7.63. The Labute approximate surface area is 124 Å². The summed E-state index contributed by atoms with van der Waals surface area (Å²) in [4.78, 5) is 15.7. The lowest BCUT2D eigenvalue weighted by Crippen LogP contribution is -2.17. The first-order valence-corrected chi connectivity index (χ1v) is 6.72. The fraction of sp³-hybridized carbons (Fsp3) is 0.333. The van der Waals surface area contributed by atoms with Crippen LogP contribution in [0.4, 0.5) is 11.4 Å². The van der Waals surface area contributed by atoms with E-state index in [1.807, 2.05) is 42.1 Å². The fourth-order valence-electron chi connectivity index (χ4n) is 2.09. The van der Waals surface area contributed by atoms with Crippen LogP contribution in [0.2, 0.25) is 0 Å². The van der Waals surface area contributed by atoms with Crippen molar-refractivity contribution in [2.45, 2.75) is 13.0 Å². The monoisotopic (exact) mass is 288 g/mol. The third kappa shape index (κ3) is 4.06. The third-order valence-corrected chi connectivity index (χ3v) is 3.07. The summed E-state index contributed by atoms with van der Waals surface area (Å²) in [7, 11) is 3.46. The standard InChI is InChI=1S/C15H20N4O2/c1-11(15-16-8-9-19(15)2)17-12-4-6-13(7-5-12)18-14(20)10-21-3/h4-9,11,17H,10H2,1-3H3,(H,18,20). The van der Waals surface area contributed by atoms with Gasteiger partial charge in [-0.05, 0) is 31.2 Å². The minimum Gasteiger partial charge on any atom is -0.375 e. The Morgan fingerprint density at radius 1 is 1.33 bits per heavy atom. The summed E-state index contributed by atoms with van der Waals surface area (Å²) >= 11 is 0. The lowest BCUT2D eigenvalue weighted by atomic mass is 10.2. The molecule has 112 valence electrons. The van der Waals surface area contributed by atoms with Gasteiger partial charge in [-0.1, -0.05) is 0 Å². The van der Waals surface area contributed by atoms with Crippen molar-refractivity contribution in [2.75, 3.05) is 24.4 Å². The molecule has 0 spiro atoms. The molecular weight excluding hydrogens is 268 g/mol. The number of hydrogen-bond acceptors (Lipinski definition) is 4. The van der Waals surface area contributed by atoms with Gasteiger partial charge in [0.05, 0.1) is 6.04 Å². The first kappa shape index (κ1) is 15.1. The molecule has 1 aromatic carbocycles. The number of ether oxygens (including phenoxy) is 1. The number of benzene rings is 1. The quantitative estimate of drug-likeness (QED) is 0.855. The van der Waals surface area contributed by atoms with Crippen molar-refractivity contribution in [3.63, 3.8) is 0 Å². The van der Waals surface area contributed by atoms with E-state index in [-0.39, 0.29) is 18.6 Å². The van der Waals surface area contributed by atoms with Crippen molar-refractivity contribution >= 4 is 17.3 Å². The van der Waals surface area contributed by atoms with Crippen LogP contribution >= 0.6 is 0 Å². The smallest absolute Gasteiger partial charge is 0.250 e. The predicted octanol–water partition coefficient (Wildman–Crippen LogP) is 2.18. The van der Waals surface area contributed by atoms with E-state index in [0.29, 0.717) is 0 Å². The molecule has 0 fully saturated rings. The van der Waals surface area contributed by atoms with Crippen molar-refractivity contribution in [2.24, 2.45) is 7.05 Å². The van der Waals surface area contributed by atoms with Gasteiger partial charge in [0.25, 0.3) is 0 Å². The van der Waals surface area contributed by atoms with Gasteiger partial charge in [-0.25, -0.2) is 4.98 Å². The topological polar surface area (TPSA) is 68.2 Å². The van der Waals surface area contributed by atoms with E-state index in [9.17, 15) is 4.79 Å². The number of carbonyl (C=O) groups excluding carboxylic acids is 1. The number of carbonyl (C=O) groups is 1. The summed E-state index contributed by atoms with van der Waals surface area (Å²) in [5, 5.41) is 6.12. The second kappa shape index (κ2) is 6.90. The molecule has 0 aliphatic heterocycles. The number of nitrogens with zero attached hydrogens (tertiary/aromatic N) is 2. The molecule has 2 aromatic rings. The van der Waals surface area contributed by atoms with E-state index in [4.69, 9.17) is 4.74 Å². The molecule has 0 saturated carbocycles. The van der Waals surface area contributed by atoms with Gasteiger partial charge in [-0.15, -0.1) is 0 Å². The van der Waals surface area contributed by atoms with Crippen LogP contribution in [0.25, 0.3) is 0 Å². The Kier molecular flexibility index (Phi) is 4.94. The highest BCUT2D eigenvalue weighted by molar-refractivity contribution is 5.91. The maximum atomic E-state index is 11.4. The molecule has 1 atom stereocenters. The highest BCUT2D eigenvalue weighted by atomic mass is 16.5. The minimum atomic E-state index is -0.167. The predicted molar refractivity (Wildman–Crippen MR) is 82.2 cm³/mol. The SMILES string of the molecule is COCC(=O)Nc1ccc(NC(C)c2nccn2C)cc1. The molecule has 2 rings (SSSR count). The van der Waals surface area contributed by atoms with Gasteiger partial charge >= 0.3 is 0 Å². The number of anilines is 2. The Morgan fingerprint density at radius 3 is 2.57 bits per heavy atom. The number of hydrogen-bond donors (Lipinski definition) is 2. The average Bonchev–Trinajstić information content (AvgIpc) is 2.87. The van der Waals surface area contributed by atoms with Crippen molar-refractivity contribution in [3.8, 4) is 0 Å². The van der Waals surface area contributed by atoms with Crippen LogP contribution in [-0.4, -0.2) is 29.2 Å². The summed E-state index contributed by atoms with van der Waals surface area (Å²) in [6.45, 7) is 2.10. The van der Waals surface area contributed by atoms with Gasteiger partial charge in [0.2, 0.25) is 5.91 Å². The zero-order valence-corrected chi connectivity index (χ0v) is 12.5. The number of amides is 1. The molecule has 0 aliphatic carbocycles. The molecule has 1 amide bonds. The summed E-state index contributed by atoms with van der Waals surface area (Å²) < 4.78 is 6.75. The molecule has 2 N–H and O–H groups in total. The summed E-state index contributed by atoms with van der Waals surface area (Å²) in [5.74, 6) is 0.798. The Balaban J connectivity index is 1.96. The molecule has 6 heteroatoms. The van der Waals surface area contributed by atoms with E-state index in [0.717, 1.165) is 17.2 Å². The van der Waals surface area contributed by atoms with E-state index in [1.54, 1.807) is 6.20 Å². The number of imidazole rings is 1. The fourth-order valence-corrected chi connectivity index (χ4v) is 2.09. The lowest BCUT2D eigenvalue weighted by molar-refractivity contribution is -0.119. The van der Waals surface area contributed by atoms with Gasteiger partial charge in [0, 0.05) is 37.9 Å². The third-order valence-electron chi connectivity index (χ3n) is 3.07. The molecule has 1 heterocycles. The number of rotatable bonds is 6.